The van der Waals surface area contributed by atoms with Gasteiger partial charge in [-0.3, -0.25) is 4.79 Å². The van der Waals surface area contributed by atoms with E-state index in [2.05, 4.69) is 6.92 Å². The predicted octanol–water partition coefficient (Wildman–Crippen LogP) is 2.07. The molecule has 0 N–H and O–H groups in total. The van der Waals surface area contributed by atoms with Crippen LogP contribution in [0.2, 0.25) is 0 Å². The number of ketones is 1. The molecule has 53 valence electrons. The Labute approximate surface area is 57.5 Å². The van der Waals surface area contributed by atoms with Gasteiger partial charge in [0, 0.05) is 11.3 Å². The zero-order valence-electron chi connectivity index (χ0n) is 6.69. The molecule has 0 aliphatic heterocycles. The van der Waals surface area contributed by atoms with Crippen LogP contribution in [0.4, 0.5) is 0 Å². The van der Waals surface area contributed by atoms with Gasteiger partial charge in [0.2, 0.25) is 0 Å². The minimum absolute atomic E-state index is 0.0787. The van der Waals surface area contributed by atoms with Crippen molar-refractivity contribution in [3.63, 3.8) is 0 Å². The number of Topliss-reactive ketones (excluding diaryl/α,β-unsaturated/α-hetero) is 1. The molecule has 0 spiro atoms. The summed E-state index contributed by atoms with van der Waals surface area (Å²) in [4.78, 5) is 11.1. The SMILES string of the molecule is [CH2]C(C)C(=O)C(C)(C)C. The summed E-state index contributed by atoms with van der Waals surface area (Å²) in [6.07, 6.45) is 0. The Kier molecular flexibility index (Phi) is 2.41. The fourth-order valence-corrected chi connectivity index (χ4v) is 0.739. The number of hydrogen-bond donors (Lipinski definition) is 0. The Morgan fingerprint density at radius 2 is 1.78 bits per heavy atom. The van der Waals surface area contributed by atoms with Gasteiger partial charge in [-0.05, 0) is 6.92 Å². The summed E-state index contributed by atoms with van der Waals surface area (Å²) in [6.45, 7) is 11.2. The maximum absolute atomic E-state index is 11.1. The van der Waals surface area contributed by atoms with E-state index in [4.69, 9.17) is 0 Å². The van der Waals surface area contributed by atoms with Gasteiger partial charge < -0.3 is 0 Å². The fraction of sp³-hybridized carbons (Fsp3) is 0.750. The van der Waals surface area contributed by atoms with E-state index >= 15 is 0 Å². The van der Waals surface area contributed by atoms with E-state index in [1.54, 1.807) is 0 Å². The van der Waals surface area contributed by atoms with Crippen LogP contribution >= 0.6 is 0 Å². The molecule has 9 heavy (non-hydrogen) atoms. The fourth-order valence-electron chi connectivity index (χ4n) is 0.739. The van der Waals surface area contributed by atoms with Crippen molar-refractivity contribution in [2.75, 3.05) is 0 Å². The largest absolute Gasteiger partial charge is 0.299 e. The number of carbonyl (C=O) groups is 1. The van der Waals surface area contributed by atoms with Gasteiger partial charge in [0.15, 0.2) is 0 Å². The molecule has 1 radical (unpaired) electrons. The Bertz CT molecular complexity index is 106. The molecule has 0 aliphatic rings. The quantitative estimate of drug-likeness (QED) is 0.527. The van der Waals surface area contributed by atoms with Gasteiger partial charge in [0.1, 0.15) is 5.78 Å². The van der Waals surface area contributed by atoms with E-state index in [0.717, 1.165) is 0 Å². The molecule has 1 heteroatoms. The monoisotopic (exact) mass is 127 g/mol. The molecule has 0 aliphatic carbocycles. The van der Waals surface area contributed by atoms with E-state index in [9.17, 15) is 4.79 Å². The molecule has 0 heterocycles. The Hall–Kier alpha value is -0.330. The maximum atomic E-state index is 11.1. The van der Waals surface area contributed by atoms with Crippen molar-refractivity contribution in [2.45, 2.75) is 27.7 Å². The van der Waals surface area contributed by atoms with Crippen LogP contribution in [0.15, 0.2) is 0 Å². The molecule has 0 bridgehead atoms. The van der Waals surface area contributed by atoms with Crippen LogP contribution in [0, 0.1) is 18.3 Å². The van der Waals surface area contributed by atoms with Gasteiger partial charge in [-0.15, -0.1) is 0 Å². The van der Waals surface area contributed by atoms with Crippen molar-refractivity contribution < 1.29 is 4.79 Å². The molecule has 0 aromatic rings. The zero-order valence-corrected chi connectivity index (χ0v) is 6.69. The van der Waals surface area contributed by atoms with Crippen LogP contribution in [0.3, 0.4) is 0 Å². The molecule has 0 fully saturated rings. The average molecular weight is 127 g/mol. The standard InChI is InChI=1S/C8H15O/c1-6(2)7(9)8(3,4)5/h6H,1H2,2-5H3. The lowest BCUT2D eigenvalue weighted by atomic mass is 9.85. The first-order chi connectivity index (χ1) is 3.85. The lowest BCUT2D eigenvalue weighted by Gasteiger charge is -2.18. The minimum atomic E-state index is -0.221. The van der Waals surface area contributed by atoms with E-state index in [-0.39, 0.29) is 17.1 Å². The molecular formula is C8H15O. The lowest BCUT2D eigenvalue weighted by Crippen LogP contribution is -2.24. The molecule has 1 nitrogen and oxygen atoms in total. The van der Waals surface area contributed by atoms with Crippen LogP contribution in [-0.4, -0.2) is 5.78 Å². The lowest BCUT2D eigenvalue weighted by molar-refractivity contribution is -0.128. The third kappa shape index (κ3) is 2.64. The summed E-state index contributed by atoms with van der Waals surface area (Å²) in [5.74, 6) is 0.146. The van der Waals surface area contributed by atoms with Gasteiger partial charge in [-0.2, -0.15) is 0 Å². The molecule has 0 aromatic carbocycles. The summed E-state index contributed by atoms with van der Waals surface area (Å²) in [7, 11) is 0. The van der Waals surface area contributed by atoms with Crippen LogP contribution in [-0.2, 0) is 4.79 Å². The molecule has 0 amide bonds. The zero-order chi connectivity index (χ0) is 7.65. The molecule has 1 atom stereocenters. The molecule has 0 aromatic heterocycles. The first-order valence-electron chi connectivity index (χ1n) is 3.23. The van der Waals surface area contributed by atoms with E-state index in [1.165, 1.54) is 0 Å². The van der Waals surface area contributed by atoms with Gasteiger partial charge >= 0.3 is 0 Å². The van der Waals surface area contributed by atoms with E-state index < -0.39 is 0 Å². The number of carbonyl (C=O) groups excluding carboxylic acids is 1. The van der Waals surface area contributed by atoms with Crippen LogP contribution in [0.25, 0.3) is 0 Å². The molecule has 0 rings (SSSR count). The van der Waals surface area contributed by atoms with Crippen molar-refractivity contribution in [1.82, 2.24) is 0 Å². The highest BCUT2D eigenvalue weighted by Crippen LogP contribution is 2.18. The van der Waals surface area contributed by atoms with Gasteiger partial charge in [0.25, 0.3) is 0 Å². The summed E-state index contributed by atoms with van der Waals surface area (Å²) in [5, 5.41) is 0. The summed E-state index contributed by atoms with van der Waals surface area (Å²) in [6, 6.07) is 0. The molecular weight excluding hydrogens is 112 g/mol. The highest BCUT2D eigenvalue weighted by molar-refractivity contribution is 5.86. The number of rotatable bonds is 1. The Morgan fingerprint density at radius 3 is 1.78 bits per heavy atom. The van der Waals surface area contributed by atoms with Crippen LogP contribution < -0.4 is 0 Å². The normalized spacial score (nSPS) is 12.2. The first-order valence-corrected chi connectivity index (χ1v) is 3.23. The van der Waals surface area contributed by atoms with Crippen molar-refractivity contribution in [3.05, 3.63) is 6.92 Å². The van der Waals surface area contributed by atoms with Crippen LogP contribution in [0.5, 0.6) is 0 Å². The second-order valence-electron chi connectivity index (χ2n) is 3.52. The second kappa shape index (κ2) is 2.51. The molecule has 0 saturated carbocycles. The van der Waals surface area contributed by atoms with E-state index in [1.807, 2.05) is 27.7 Å². The Morgan fingerprint density at radius 1 is 1.44 bits per heavy atom. The van der Waals surface area contributed by atoms with E-state index in [0.29, 0.717) is 0 Å². The van der Waals surface area contributed by atoms with Crippen LogP contribution in [0.1, 0.15) is 27.7 Å². The van der Waals surface area contributed by atoms with Gasteiger partial charge in [-0.25, -0.2) is 0 Å². The third-order valence-electron chi connectivity index (χ3n) is 1.19. The highest BCUT2D eigenvalue weighted by atomic mass is 16.1. The summed E-state index contributed by atoms with van der Waals surface area (Å²) in [5.41, 5.74) is -0.221. The summed E-state index contributed by atoms with van der Waals surface area (Å²) < 4.78 is 0. The first kappa shape index (κ1) is 8.67. The van der Waals surface area contributed by atoms with Crippen molar-refractivity contribution in [1.29, 1.82) is 0 Å². The topological polar surface area (TPSA) is 17.1 Å². The Balaban J connectivity index is 4.06. The van der Waals surface area contributed by atoms with Crippen molar-refractivity contribution in [2.24, 2.45) is 11.3 Å². The smallest absolute Gasteiger partial charge is 0.140 e. The highest BCUT2D eigenvalue weighted by Gasteiger charge is 2.23. The summed E-state index contributed by atoms with van der Waals surface area (Å²) >= 11 is 0. The predicted molar refractivity (Wildman–Crippen MR) is 39.0 cm³/mol. The van der Waals surface area contributed by atoms with Crippen molar-refractivity contribution in [3.8, 4) is 0 Å². The second-order valence-corrected chi connectivity index (χ2v) is 3.52. The molecule has 0 saturated heterocycles. The average Bonchev–Trinajstić information content (AvgIpc) is 1.62. The maximum Gasteiger partial charge on any atom is 0.140 e. The van der Waals surface area contributed by atoms with Gasteiger partial charge in [-0.1, -0.05) is 27.7 Å². The number of hydrogen-bond acceptors (Lipinski definition) is 1. The minimum Gasteiger partial charge on any atom is -0.299 e. The third-order valence-corrected chi connectivity index (χ3v) is 1.19. The van der Waals surface area contributed by atoms with Crippen molar-refractivity contribution >= 4 is 5.78 Å². The van der Waals surface area contributed by atoms with Gasteiger partial charge in [0.05, 0.1) is 0 Å². The molecule has 1 unspecified atom stereocenters.